The average molecular weight is 294 g/mol. The molecule has 1 aromatic heterocycles. The van der Waals surface area contributed by atoms with Gasteiger partial charge in [-0.1, -0.05) is 55.2 Å². The van der Waals surface area contributed by atoms with Crippen LogP contribution in [0.1, 0.15) is 39.0 Å². The number of unbranched alkanes of at least 4 members (excludes halogenated alkanes) is 4. The van der Waals surface area contributed by atoms with Crippen LogP contribution in [-0.2, 0) is 0 Å². The normalized spacial score (nSPS) is 9.08. The number of imidazole rings is 1. The van der Waals surface area contributed by atoms with E-state index in [1.54, 1.807) is 18.7 Å². The molecule has 0 bridgehead atoms. The fraction of sp³-hybridized carbons (Fsp3) is 0.700. The second-order valence-electron chi connectivity index (χ2n) is 2.86. The van der Waals surface area contributed by atoms with E-state index in [1.807, 2.05) is 0 Å². The van der Waals surface area contributed by atoms with Crippen molar-refractivity contribution in [2.75, 3.05) is 4.43 Å². The number of hydrogen-bond acceptors (Lipinski definition) is 1. The molecule has 0 fully saturated rings. The zero-order chi connectivity index (χ0) is 9.78. The molecule has 1 aromatic rings. The van der Waals surface area contributed by atoms with Gasteiger partial charge in [-0.3, -0.25) is 0 Å². The van der Waals surface area contributed by atoms with E-state index in [4.69, 9.17) is 0 Å². The summed E-state index contributed by atoms with van der Waals surface area (Å²) in [6.45, 7) is 2.25. The lowest BCUT2D eigenvalue weighted by molar-refractivity contribution is 0.662. The summed E-state index contributed by atoms with van der Waals surface area (Å²) >= 11 is 2.44. The van der Waals surface area contributed by atoms with Crippen LogP contribution >= 0.6 is 22.6 Å². The number of aromatic nitrogens is 2. The van der Waals surface area contributed by atoms with E-state index in [-0.39, 0.29) is 0 Å². The Morgan fingerprint density at radius 3 is 2.38 bits per heavy atom. The van der Waals surface area contributed by atoms with Gasteiger partial charge in [0.05, 0.1) is 6.33 Å². The lowest BCUT2D eigenvalue weighted by Gasteiger charge is -1.93. The third kappa shape index (κ3) is 11.9. The molecule has 0 atom stereocenters. The molecule has 76 valence electrons. The Hall–Kier alpha value is -0.0600. The van der Waals surface area contributed by atoms with Crippen molar-refractivity contribution in [1.82, 2.24) is 9.97 Å². The molecule has 2 nitrogen and oxygen atoms in total. The molecule has 0 amide bonds. The summed E-state index contributed by atoms with van der Waals surface area (Å²) in [6, 6.07) is 0. The van der Waals surface area contributed by atoms with Gasteiger partial charge in [-0.05, 0) is 10.8 Å². The van der Waals surface area contributed by atoms with Gasteiger partial charge in [0.2, 0.25) is 0 Å². The number of H-pyrrole nitrogens is 1. The van der Waals surface area contributed by atoms with Crippen LogP contribution in [0.4, 0.5) is 0 Å². The summed E-state index contributed by atoms with van der Waals surface area (Å²) < 4.78 is 1.33. The van der Waals surface area contributed by atoms with Gasteiger partial charge < -0.3 is 4.98 Å². The van der Waals surface area contributed by atoms with Gasteiger partial charge in [-0.25, -0.2) is 4.98 Å². The summed E-state index contributed by atoms with van der Waals surface area (Å²) in [6.07, 6.45) is 12.2. The summed E-state index contributed by atoms with van der Waals surface area (Å²) in [7, 11) is 0. The molecule has 13 heavy (non-hydrogen) atoms. The summed E-state index contributed by atoms with van der Waals surface area (Å²) in [5.41, 5.74) is 0. The van der Waals surface area contributed by atoms with E-state index in [0.29, 0.717) is 0 Å². The first-order valence-electron chi connectivity index (χ1n) is 4.90. The van der Waals surface area contributed by atoms with Gasteiger partial charge >= 0.3 is 0 Å². The lowest BCUT2D eigenvalue weighted by atomic mass is 10.2. The molecule has 0 aliphatic rings. The largest absolute Gasteiger partial charge is 0.351 e. The quantitative estimate of drug-likeness (QED) is 0.499. The highest BCUT2D eigenvalue weighted by Gasteiger charge is 1.84. The van der Waals surface area contributed by atoms with Crippen molar-refractivity contribution in [2.24, 2.45) is 0 Å². The van der Waals surface area contributed by atoms with E-state index in [0.717, 1.165) is 0 Å². The van der Waals surface area contributed by atoms with E-state index < -0.39 is 0 Å². The van der Waals surface area contributed by atoms with Crippen LogP contribution in [0.15, 0.2) is 18.7 Å². The number of aromatic amines is 1. The number of hydrogen-bond donors (Lipinski definition) is 1. The van der Waals surface area contributed by atoms with Gasteiger partial charge in [0.15, 0.2) is 0 Å². The van der Waals surface area contributed by atoms with Crippen molar-refractivity contribution < 1.29 is 0 Å². The maximum absolute atomic E-state index is 3.67. The van der Waals surface area contributed by atoms with Crippen molar-refractivity contribution in [3.8, 4) is 0 Å². The van der Waals surface area contributed by atoms with Gasteiger partial charge in [0.25, 0.3) is 0 Å². The minimum atomic E-state index is 1.33. The highest BCUT2D eigenvalue weighted by molar-refractivity contribution is 14.1. The van der Waals surface area contributed by atoms with Crippen molar-refractivity contribution in [2.45, 2.75) is 39.0 Å². The van der Waals surface area contributed by atoms with Crippen molar-refractivity contribution in [3.05, 3.63) is 18.7 Å². The summed E-state index contributed by atoms with van der Waals surface area (Å²) in [5, 5.41) is 0. The Kier molecular flexibility index (Phi) is 11.9. The third-order valence-corrected chi connectivity index (χ3v) is 2.41. The van der Waals surface area contributed by atoms with E-state index in [9.17, 15) is 0 Å². The third-order valence-electron chi connectivity index (χ3n) is 1.64. The van der Waals surface area contributed by atoms with Gasteiger partial charge in [-0.2, -0.15) is 0 Å². The van der Waals surface area contributed by atoms with Gasteiger partial charge in [0.1, 0.15) is 0 Å². The fourth-order valence-corrected chi connectivity index (χ4v) is 1.45. The summed E-state index contributed by atoms with van der Waals surface area (Å²) in [5.74, 6) is 0. The van der Waals surface area contributed by atoms with Crippen LogP contribution in [0, 0.1) is 0 Å². The SMILES string of the molecule is CCCCCCCI.c1c[nH]cn1. The Balaban J connectivity index is 0.000000243. The standard InChI is InChI=1S/C7H15I.C3H4N2/c1-2-3-4-5-6-7-8;1-2-5-3-4-1/h2-7H2,1H3;1-3H,(H,4,5). The first-order chi connectivity index (χ1) is 6.41. The van der Waals surface area contributed by atoms with Crippen LogP contribution in [0.25, 0.3) is 0 Å². The molecule has 0 radical (unpaired) electrons. The fourth-order valence-electron chi connectivity index (χ4n) is 0.913. The molecule has 0 saturated carbocycles. The van der Waals surface area contributed by atoms with Crippen LogP contribution in [0.5, 0.6) is 0 Å². The Morgan fingerprint density at radius 1 is 1.23 bits per heavy atom. The first kappa shape index (κ1) is 12.9. The van der Waals surface area contributed by atoms with Crippen LogP contribution in [0.3, 0.4) is 0 Å². The molecule has 0 aliphatic heterocycles. The van der Waals surface area contributed by atoms with Crippen LogP contribution in [0.2, 0.25) is 0 Å². The van der Waals surface area contributed by atoms with Crippen molar-refractivity contribution >= 4 is 22.6 Å². The van der Waals surface area contributed by atoms with Crippen molar-refractivity contribution in [3.63, 3.8) is 0 Å². The molecular formula is C10H19IN2. The lowest BCUT2D eigenvalue weighted by Crippen LogP contribution is -1.76. The zero-order valence-corrected chi connectivity index (χ0v) is 10.5. The number of nitrogens with zero attached hydrogens (tertiary/aromatic N) is 1. The highest BCUT2D eigenvalue weighted by atomic mass is 127. The monoisotopic (exact) mass is 294 g/mol. The summed E-state index contributed by atoms with van der Waals surface area (Å²) in [4.78, 5) is 6.42. The van der Waals surface area contributed by atoms with E-state index >= 15 is 0 Å². The molecule has 3 heteroatoms. The zero-order valence-electron chi connectivity index (χ0n) is 8.30. The Bertz CT molecular complexity index is 129. The van der Waals surface area contributed by atoms with Gasteiger partial charge in [-0.15, -0.1) is 0 Å². The minimum Gasteiger partial charge on any atom is -0.351 e. The first-order valence-corrected chi connectivity index (χ1v) is 6.43. The molecule has 0 aliphatic carbocycles. The predicted octanol–water partition coefficient (Wildman–Crippen LogP) is 3.80. The molecular weight excluding hydrogens is 275 g/mol. The average Bonchev–Trinajstić information content (AvgIpc) is 2.70. The number of alkyl halides is 1. The van der Waals surface area contributed by atoms with Crippen molar-refractivity contribution in [1.29, 1.82) is 0 Å². The predicted molar refractivity (Wildman–Crippen MR) is 66.2 cm³/mol. The second-order valence-corrected chi connectivity index (χ2v) is 3.94. The second kappa shape index (κ2) is 11.9. The molecule has 1 N–H and O–H groups in total. The number of rotatable bonds is 5. The van der Waals surface area contributed by atoms with Crippen LogP contribution in [-0.4, -0.2) is 14.4 Å². The molecule has 0 saturated heterocycles. The van der Waals surface area contributed by atoms with Gasteiger partial charge in [0, 0.05) is 12.4 Å². The molecule has 0 unspecified atom stereocenters. The minimum absolute atomic E-state index is 1.33. The maximum Gasteiger partial charge on any atom is 0.0919 e. The van der Waals surface area contributed by atoms with Crippen LogP contribution < -0.4 is 0 Å². The maximum atomic E-state index is 3.67. The smallest absolute Gasteiger partial charge is 0.0919 e. The number of nitrogens with one attached hydrogen (secondary N) is 1. The molecule has 0 spiro atoms. The number of halogens is 1. The van der Waals surface area contributed by atoms with E-state index in [2.05, 4.69) is 39.5 Å². The topological polar surface area (TPSA) is 28.7 Å². The Morgan fingerprint density at radius 2 is 2.00 bits per heavy atom. The van der Waals surface area contributed by atoms with E-state index in [1.165, 1.54) is 36.5 Å². The molecule has 1 heterocycles. The molecule has 1 rings (SSSR count). The molecule has 0 aromatic carbocycles. The Labute approximate surface area is 94.7 Å². The highest BCUT2D eigenvalue weighted by Crippen LogP contribution is 2.03.